The number of rotatable bonds is 3. The molecule has 9 nitrogen and oxygen atoms in total. The quantitative estimate of drug-likeness (QED) is 0.604. The molecule has 10 heteroatoms. The number of nitro groups is 1. The summed E-state index contributed by atoms with van der Waals surface area (Å²) in [4.78, 5) is 21.4. The maximum atomic E-state index is 12.9. The van der Waals surface area contributed by atoms with Crippen molar-refractivity contribution in [1.29, 1.82) is 0 Å². The van der Waals surface area contributed by atoms with E-state index in [1.165, 1.54) is 0 Å². The number of tetrazole rings is 1. The van der Waals surface area contributed by atoms with Crippen LogP contribution in [0.5, 0.6) is 0 Å². The molecule has 0 saturated heterocycles. The number of nitrogens with zero attached hydrogens (tertiary/aromatic N) is 4. The number of H-pyrrole nitrogens is 1. The highest BCUT2D eigenvalue weighted by Gasteiger charge is 2.19. The van der Waals surface area contributed by atoms with Crippen molar-refractivity contribution in [1.82, 2.24) is 20.6 Å². The van der Waals surface area contributed by atoms with Gasteiger partial charge in [-0.15, -0.1) is 10.2 Å². The van der Waals surface area contributed by atoms with E-state index in [1.807, 2.05) is 0 Å². The molecule has 1 amide bonds. The van der Waals surface area contributed by atoms with E-state index >= 15 is 0 Å². The van der Waals surface area contributed by atoms with Gasteiger partial charge in [-0.25, -0.2) is 4.39 Å². The average molecular weight is 252 g/mol. The molecule has 0 bridgehead atoms. The molecule has 0 radical (unpaired) electrons. The Hall–Kier alpha value is -2.91. The predicted octanol–water partition coefficient (Wildman–Crippen LogP) is 0.499. The van der Waals surface area contributed by atoms with Gasteiger partial charge in [-0.1, -0.05) is 0 Å². The topological polar surface area (TPSA) is 127 Å². The second kappa shape index (κ2) is 4.53. The lowest BCUT2D eigenvalue weighted by Gasteiger charge is -2.03. The van der Waals surface area contributed by atoms with Gasteiger partial charge in [0.2, 0.25) is 0 Å². The Morgan fingerprint density at radius 2 is 2.28 bits per heavy atom. The summed E-state index contributed by atoms with van der Waals surface area (Å²) in [6.07, 6.45) is 0. The molecular formula is C8H5FN6O3. The Morgan fingerprint density at radius 1 is 1.50 bits per heavy atom. The molecule has 92 valence electrons. The van der Waals surface area contributed by atoms with E-state index in [9.17, 15) is 19.3 Å². The Morgan fingerprint density at radius 3 is 2.89 bits per heavy atom. The normalized spacial score (nSPS) is 10.1. The number of nitrogens with one attached hydrogen (secondary N) is 2. The van der Waals surface area contributed by atoms with E-state index in [2.05, 4.69) is 25.9 Å². The zero-order valence-corrected chi connectivity index (χ0v) is 8.62. The molecule has 0 atom stereocenters. The number of hydrogen-bond donors (Lipinski definition) is 2. The lowest BCUT2D eigenvalue weighted by atomic mass is 10.2. The van der Waals surface area contributed by atoms with Gasteiger partial charge in [-0.3, -0.25) is 14.9 Å². The van der Waals surface area contributed by atoms with E-state index in [4.69, 9.17) is 0 Å². The SMILES string of the molecule is O=C(Nc1ccc(F)cc1[N+](=O)[O-])c1nn[nH]n1. The fourth-order valence-corrected chi connectivity index (χ4v) is 1.20. The molecule has 1 aromatic carbocycles. The first-order valence-corrected chi connectivity index (χ1v) is 4.56. The summed E-state index contributed by atoms with van der Waals surface area (Å²) >= 11 is 0. The van der Waals surface area contributed by atoms with Crippen molar-refractivity contribution < 1.29 is 14.1 Å². The molecule has 2 aromatic rings. The molecule has 0 fully saturated rings. The van der Waals surface area contributed by atoms with Gasteiger partial charge in [-0.2, -0.15) is 5.21 Å². The van der Waals surface area contributed by atoms with Crippen LogP contribution in [-0.2, 0) is 0 Å². The van der Waals surface area contributed by atoms with Crippen LogP contribution in [0, 0.1) is 15.9 Å². The van der Waals surface area contributed by atoms with Crippen LogP contribution in [0.4, 0.5) is 15.8 Å². The third-order valence-corrected chi connectivity index (χ3v) is 1.95. The minimum absolute atomic E-state index is 0.156. The van der Waals surface area contributed by atoms with Crippen LogP contribution in [0.25, 0.3) is 0 Å². The number of aromatic nitrogens is 4. The smallest absolute Gasteiger partial charge is 0.297 e. The summed E-state index contributed by atoms with van der Waals surface area (Å²) < 4.78 is 12.9. The molecule has 0 saturated carbocycles. The summed E-state index contributed by atoms with van der Waals surface area (Å²) in [7, 11) is 0. The highest BCUT2D eigenvalue weighted by atomic mass is 19.1. The van der Waals surface area contributed by atoms with Gasteiger partial charge in [0, 0.05) is 0 Å². The second-order valence-electron chi connectivity index (χ2n) is 3.11. The third kappa shape index (κ3) is 2.26. The monoisotopic (exact) mass is 252 g/mol. The van der Waals surface area contributed by atoms with Crippen molar-refractivity contribution in [2.75, 3.05) is 5.32 Å². The number of anilines is 1. The van der Waals surface area contributed by atoms with Crippen LogP contribution in [0.1, 0.15) is 10.6 Å². The van der Waals surface area contributed by atoms with E-state index in [-0.39, 0.29) is 11.5 Å². The number of nitro benzene ring substituents is 1. The molecular weight excluding hydrogens is 247 g/mol. The minimum atomic E-state index is -0.811. The molecule has 0 aliphatic heterocycles. The van der Waals surface area contributed by atoms with Crippen molar-refractivity contribution in [2.45, 2.75) is 0 Å². The molecule has 2 N–H and O–H groups in total. The van der Waals surface area contributed by atoms with Crippen molar-refractivity contribution >= 4 is 17.3 Å². The van der Waals surface area contributed by atoms with E-state index < -0.39 is 22.3 Å². The van der Waals surface area contributed by atoms with Gasteiger partial charge in [0.05, 0.1) is 11.0 Å². The largest absolute Gasteiger partial charge is 0.313 e. The Kier molecular flexibility index (Phi) is 2.91. The van der Waals surface area contributed by atoms with Crippen LogP contribution >= 0.6 is 0 Å². The molecule has 0 aliphatic carbocycles. The number of halogens is 1. The summed E-state index contributed by atoms with van der Waals surface area (Å²) in [5, 5.41) is 24.9. The maximum absolute atomic E-state index is 12.9. The Labute approximate surface area is 98.2 Å². The molecule has 1 aromatic heterocycles. The fraction of sp³-hybridized carbons (Fsp3) is 0. The first kappa shape index (κ1) is 11.6. The van der Waals surface area contributed by atoms with E-state index in [0.29, 0.717) is 6.07 Å². The fourth-order valence-electron chi connectivity index (χ4n) is 1.20. The number of carbonyl (C=O) groups is 1. The summed E-state index contributed by atoms with van der Waals surface area (Å²) in [5.41, 5.74) is -0.719. The van der Waals surface area contributed by atoms with Gasteiger partial charge in [0.25, 0.3) is 17.4 Å². The van der Waals surface area contributed by atoms with Crippen LogP contribution in [-0.4, -0.2) is 31.5 Å². The lowest BCUT2D eigenvalue weighted by Crippen LogP contribution is -2.15. The van der Waals surface area contributed by atoms with Crippen molar-refractivity contribution in [2.24, 2.45) is 0 Å². The first-order valence-electron chi connectivity index (χ1n) is 4.56. The molecule has 2 rings (SSSR count). The lowest BCUT2D eigenvalue weighted by molar-refractivity contribution is -0.384. The second-order valence-corrected chi connectivity index (χ2v) is 3.11. The molecule has 0 spiro atoms. The highest BCUT2D eigenvalue weighted by Crippen LogP contribution is 2.25. The van der Waals surface area contributed by atoms with Gasteiger partial charge in [-0.05, 0) is 17.3 Å². The van der Waals surface area contributed by atoms with Gasteiger partial charge < -0.3 is 5.32 Å². The molecule has 1 heterocycles. The number of benzene rings is 1. The van der Waals surface area contributed by atoms with Gasteiger partial charge in [0.1, 0.15) is 11.5 Å². The van der Waals surface area contributed by atoms with Crippen molar-refractivity contribution in [3.8, 4) is 0 Å². The zero-order valence-electron chi connectivity index (χ0n) is 8.62. The molecule has 0 unspecified atom stereocenters. The van der Waals surface area contributed by atoms with Crippen molar-refractivity contribution in [3.63, 3.8) is 0 Å². The van der Waals surface area contributed by atoms with Crippen LogP contribution < -0.4 is 5.32 Å². The van der Waals surface area contributed by atoms with Gasteiger partial charge in [0.15, 0.2) is 0 Å². The summed E-state index contributed by atoms with van der Waals surface area (Å²) in [6.45, 7) is 0. The average Bonchev–Trinajstić information content (AvgIpc) is 2.84. The first-order chi connectivity index (χ1) is 8.58. The zero-order chi connectivity index (χ0) is 13.1. The van der Waals surface area contributed by atoms with E-state index in [1.54, 1.807) is 0 Å². The summed E-state index contributed by atoms with van der Waals surface area (Å²) in [6, 6.07) is 2.76. The minimum Gasteiger partial charge on any atom is -0.313 e. The van der Waals surface area contributed by atoms with Crippen LogP contribution in [0.2, 0.25) is 0 Å². The Bertz CT molecular complexity index is 599. The highest BCUT2D eigenvalue weighted by molar-refractivity contribution is 6.02. The number of carbonyl (C=O) groups excluding carboxylic acids is 1. The summed E-state index contributed by atoms with van der Waals surface area (Å²) in [5.74, 6) is -1.86. The Balaban J connectivity index is 2.29. The third-order valence-electron chi connectivity index (χ3n) is 1.95. The standard InChI is InChI=1S/C8H5FN6O3/c9-4-1-2-5(6(3-4)15(17)18)10-8(16)7-11-13-14-12-7/h1-3H,(H,10,16)(H,11,12,13,14). The van der Waals surface area contributed by atoms with Crippen molar-refractivity contribution in [3.05, 3.63) is 40.0 Å². The van der Waals surface area contributed by atoms with Crippen LogP contribution in [0.15, 0.2) is 18.2 Å². The predicted molar refractivity (Wildman–Crippen MR) is 55.2 cm³/mol. The molecule has 18 heavy (non-hydrogen) atoms. The number of hydrogen-bond acceptors (Lipinski definition) is 6. The van der Waals surface area contributed by atoms with Gasteiger partial charge >= 0.3 is 0 Å². The van der Waals surface area contributed by atoms with E-state index in [0.717, 1.165) is 12.1 Å². The maximum Gasteiger partial charge on any atom is 0.297 e. The van der Waals surface area contributed by atoms with Crippen LogP contribution in [0.3, 0.4) is 0 Å². The molecule has 0 aliphatic rings. The number of aromatic amines is 1. The number of amides is 1.